The molecule has 4 rings (SSSR count). The van der Waals surface area contributed by atoms with Crippen LogP contribution in [-0.2, 0) is 9.53 Å². The van der Waals surface area contributed by atoms with Gasteiger partial charge in [0.25, 0.3) is 5.89 Å². The summed E-state index contributed by atoms with van der Waals surface area (Å²) in [7, 11) is 0. The van der Waals surface area contributed by atoms with Gasteiger partial charge in [-0.2, -0.15) is 4.98 Å². The van der Waals surface area contributed by atoms with Crippen LogP contribution >= 0.6 is 0 Å². The Bertz CT molecular complexity index is 1000. The number of hydrogen-bond acceptors (Lipinski definition) is 6. The number of nitrogens with zero attached hydrogens (tertiary/aromatic N) is 3. The third kappa shape index (κ3) is 3.64. The lowest BCUT2D eigenvalue weighted by atomic mass is 10.2. The fraction of sp³-hybridized carbons (Fsp3) is 0.238. The largest absolute Gasteiger partial charge is 0.449 e. The van der Waals surface area contributed by atoms with Crippen LogP contribution in [0.15, 0.2) is 59.1 Å². The molecule has 1 fully saturated rings. The number of aromatic nitrogens is 2. The van der Waals surface area contributed by atoms with E-state index in [-0.39, 0.29) is 11.8 Å². The molecule has 1 amide bonds. The molecule has 28 heavy (non-hydrogen) atoms. The van der Waals surface area contributed by atoms with Gasteiger partial charge in [0.2, 0.25) is 11.7 Å². The van der Waals surface area contributed by atoms with Crippen LogP contribution in [0, 0.1) is 0 Å². The van der Waals surface area contributed by atoms with Crippen LogP contribution in [0.4, 0.5) is 5.69 Å². The summed E-state index contributed by atoms with van der Waals surface area (Å²) in [5.41, 5.74) is 1.89. The number of rotatable bonds is 5. The Morgan fingerprint density at radius 3 is 2.75 bits per heavy atom. The number of benzene rings is 2. The lowest BCUT2D eigenvalue weighted by Gasteiger charge is -2.16. The first-order valence-corrected chi connectivity index (χ1v) is 9.12. The number of esters is 1. The van der Waals surface area contributed by atoms with Gasteiger partial charge in [0.15, 0.2) is 6.10 Å². The Morgan fingerprint density at radius 2 is 2.00 bits per heavy atom. The molecule has 7 nitrogen and oxygen atoms in total. The zero-order valence-electron chi connectivity index (χ0n) is 15.4. The predicted octanol–water partition coefficient (Wildman–Crippen LogP) is 3.78. The van der Waals surface area contributed by atoms with Gasteiger partial charge < -0.3 is 14.2 Å². The van der Waals surface area contributed by atoms with Crippen molar-refractivity contribution >= 4 is 17.6 Å². The Kier molecular flexibility index (Phi) is 4.89. The average molecular weight is 377 g/mol. The van der Waals surface area contributed by atoms with E-state index in [9.17, 15) is 9.59 Å². The molecular formula is C21H19N3O4. The molecule has 7 heteroatoms. The zero-order valence-corrected chi connectivity index (χ0v) is 15.4. The smallest absolute Gasteiger partial charge is 0.338 e. The topological polar surface area (TPSA) is 85.5 Å². The van der Waals surface area contributed by atoms with Gasteiger partial charge in [-0.3, -0.25) is 4.79 Å². The Balaban J connectivity index is 1.46. The van der Waals surface area contributed by atoms with Gasteiger partial charge in [-0.15, -0.1) is 0 Å². The van der Waals surface area contributed by atoms with Crippen LogP contribution in [0.1, 0.15) is 42.1 Å². The lowest BCUT2D eigenvalue weighted by molar-refractivity contribution is -0.117. The number of amides is 1. The van der Waals surface area contributed by atoms with Gasteiger partial charge in [-0.25, -0.2) is 4.79 Å². The normalized spacial score (nSPS) is 14.9. The van der Waals surface area contributed by atoms with E-state index in [0.29, 0.717) is 30.0 Å². The Labute approximate surface area is 161 Å². The van der Waals surface area contributed by atoms with E-state index in [1.807, 2.05) is 36.4 Å². The molecule has 0 radical (unpaired) electrons. The van der Waals surface area contributed by atoms with Gasteiger partial charge in [-0.05, 0) is 31.5 Å². The average Bonchev–Trinajstić information content (AvgIpc) is 3.38. The summed E-state index contributed by atoms with van der Waals surface area (Å²) in [5, 5.41) is 3.94. The molecule has 1 aliphatic rings. The second kappa shape index (κ2) is 7.64. The molecule has 0 spiro atoms. The van der Waals surface area contributed by atoms with Crippen molar-refractivity contribution in [1.82, 2.24) is 10.1 Å². The quantitative estimate of drug-likeness (QED) is 0.629. The number of anilines is 1. The second-order valence-corrected chi connectivity index (χ2v) is 6.57. The molecule has 0 aliphatic carbocycles. The third-order valence-corrected chi connectivity index (χ3v) is 4.57. The van der Waals surface area contributed by atoms with Crippen LogP contribution < -0.4 is 4.90 Å². The summed E-state index contributed by atoms with van der Waals surface area (Å²) in [6.45, 7) is 2.34. The van der Waals surface area contributed by atoms with Gasteiger partial charge >= 0.3 is 5.97 Å². The summed E-state index contributed by atoms with van der Waals surface area (Å²) in [6, 6.07) is 16.3. The minimum Gasteiger partial charge on any atom is -0.449 e. The van der Waals surface area contributed by atoms with Crippen LogP contribution in [-0.4, -0.2) is 28.6 Å². The van der Waals surface area contributed by atoms with Crippen molar-refractivity contribution in [2.45, 2.75) is 25.9 Å². The molecule has 0 N–H and O–H groups in total. The SMILES string of the molecule is C[C@H](OC(=O)c1cccc(N2CCCC2=O)c1)c1nc(-c2ccccc2)no1. The Hall–Kier alpha value is -3.48. The molecule has 0 saturated carbocycles. The highest BCUT2D eigenvalue weighted by Gasteiger charge is 2.24. The van der Waals surface area contributed by atoms with Crippen molar-refractivity contribution < 1.29 is 18.8 Å². The molecule has 1 aromatic heterocycles. The lowest BCUT2D eigenvalue weighted by Crippen LogP contribution is -2.24. The van der Waals surface area contributed by atoms with Crippen LogP contribution in [0.5, 0.6) is 0 Å². The van der Waals surface area contributed by atoms with Gasteiger partial charge in [-0.1, -0.05) is 41.6 Å². The maximum Gasteiger partial charge on any atom is 0.338 e. The van der Waals surface area contributed by atoms with Gasteiger partial charge in [0.05, 0.1) is 5.56 Å². The summed E-state index contributed by atoms with van der Waals surface area (Å²) in [6.07, 6.45) is 0.660. The predicted molar refractivity (Wildman–Crippen MR) is 102 cm³/mol. The number of carbonyl (C=O) groups is 2. The van der Waals surface area contributed by atoms with Crippen molar-refractivity contribution in [3.8, 4) is 11.4 Å². The van der Waals surface area contributed by atoms with Crippen molar-refractivity contribution in [3.05, 3.63) is 66.1 Å². The standard InChI is InChI=1S/C21H19N3O4/c1-14(20-22-19(23-28-20)15-7-3-2-4-8-15)27-21(26)16-9-5-10-17(13-16)24-12-6-11-18(24)25/h2-5,7-10,13-14H,6,11-12H2,1H3/t14-/m0/s1. The minimum atomic E-state index is -0.700. The molecule has 1 aliphatic heterocycles. The summed E-state index contributed by atoms with van der Waals surface area (Å²) in [5.74, 6) is 0.213. The van der Waals surface area contributed by atoms with Crippen LogP contribution in [0.2, 0.25) is 0 Å². The molecule has 2 aromatic carbocycles. The maximum absolute atomic E-state index is 12.5. The van der Waals surface area contributed by atoms with Gasteiger partial charge in [0, 0.05) is 24.2 Å². The second-order valence-electron chi connectivity index (χ2n) is 6.57. The third-order valence-electron chi connectivity index (χ3n) is 4.57. The molecule has 1 saturated heterocycles. The first-order chi connectivity index (χ1) is 13.6. The number of carbonyl (C=O) groups excluding carboxylic acids is 2. The molecule has 3 aromatic rings. The molecule has 0 bridgehead atoms. The van der Waals surface area contributed by atoms with Crippen molar-refractivity contribution in [1.29, 1.82) is 0 Å². The molecule has 142 valence electrons. The van der Waals surface area contributed by atoms with E-state index in [0.717, 1.165) is 12.0 Å². The monoisotopic (exact) mass is 377 g/mol. The van der Waals surface area contributed by atoms with Crippen molar-refractivity contribution in [2.75, 3.05) is 11.4 Å². The van der Waals surface area contributed by atoms with Crippen molar-refractivity contribution in [2.24, 2.45) is 0 Å². The van der Waals surface area contributed by atoms with E-state index in [2.05, 4.69) is 10.1 Å². The van der Waals surface area contributed by atoms with E-state index < -0.39 is 12.1 Å². The fourth-order valence-corrected chi connectivity index (χ4v) is 3.11. The van der Waals surface area contributed by atoms with Crippen molar-refractivity contribution in [3.63, 3.8) is 0 Å². The number of hydrogen-bond donors (Lipinski definition) is 0. The maximum atomic E-state index is 12.5. The van der Waals surface area contributed by atoms with Gasteiger partial charge in [0.1, 0.15) is 0 Å². The summed E-state index contributed by atoms with van der Waals surface area (Å²) < 4.78 is 10.7. The summed E-state index contributed by atoms with van der Waals surface area (Å²) >= 11 is 0. The summed E-state index contributed by atoms with van der Waals surface area (Å²) in [4.78, 5) is 30.5. The van der Waals surface area contributed by atoms with E-state index in [4.69, 9.17) is 9.26 Å². The highest BCUT2D eigenvalue weighted by Crippen LogP contribution is 2.25. The van der Waals surface area contributed by atoms with Crippen LogP contribution in [0.3, 0.4) is 0 Å². The Morgan fingerprint density at radius 1 is 1.18 bits per heavy atom. The molecular weight excluding hydrogens is 358 g/mol. The zero-order chi connectivity index (χ0) is 19.5. The van der Waals surface area contributed by atoms with E-state index in [1.54, 1.807) is 30.0 Å². The van der Waals surface area contributed by atoms with E-state index in [1.165, 1.54) is 0 Å². The fourth-order valence-electron chi connectivity index (χ4n) is 3.11. The van der Waals surface area contributed by atoms with E-state index >= 15 is 0 Å². The first-order valence-electron chi connectivity index (χ1n) is 9.12. The minimum absolute atomic E-state index is 0.0678. The van der Waals surface area contributed by atoms with Crippen LogP contribution in [0.25, 0.3) is 11.4 Å². The molecule has 1 atom stereocenters. The number of ether oxygens (including phenoxy) is 1. The highest BCUT2D eigenvalue weighted by atomic mass is 16.6. The first kappa shape index (κ1) is 17.9. The highest BCUT2D eigenvalue weighted by molar-refractivity contribution is 5.97. The molecule has 0 unspecified atom stereocenters. The molecule has 2 heterocycles.